The molecule has 3 aromatic carbocycles. The number of aryl methyl sites for hydroxylation is 3. The van der Waals surface area contributed by atoms with E-state index in [0.717, 1.165) is 27.5 Å². The molecule has 2 N–H and O–H groups in total. The molecule has 0 radical (unpaired) electrons. The first-order valence-corrected chi connectivity index (χ1v) is 10.3. The quantitative estimate of drug-likeness (QED) is 0.373. The summed E-state index contributed by atoms with van der Waals surface area (Å²) in [5, 5.41) is 8.12. The fourth-order valence-corrected chi connectivity index (χ4v) is 4.39. The van der Waals surface area contributed by atoms with Gasteiger partial charge in [0.15, 0.2) is 5.11 Å². The van der Waals surface area contributed by atoms with Gasteiger partial charge in [-0.05, 0) is 86.6 Å². The molecular weight excluding hydrogens is 382 g/mol. The van der Waals surface area contributed by atoms with E-state index in [1.807, 2.05) is 12.1 Å². The van der Waals surface area contributed by atoms with Crippen LogP contribution in [0.1, 0.15) is 16.7 Å². The molecule has 5 heteroatoms. The number of nitrogens with one attached hydrogen (secondary N) is 2. The molecule has 0 aliphatic rings. The van der Waals surface area contributed by atoms with Crippen LogP contribution in [0.2, 0.25) is 0 Å². The lowest BCUT2D eigenvalue weighted by atomic mass is 10.1. The second-order valence-electron chi connectivity index (χ2n) is 6.97. The number of benzene rings is 3. The number of fused-ring (bicyclic) bond motifs is 1. The van der Waals surface area contributed by atoms with E-state index in [0.29, 0.717) is 5.11 Å². The van der Waals surface area contributed by atoms with E-state index in [2.05, 4.69) is 79.9 Å². The van der Waals surface area contributed by atoms with Crippen molar-refractivity contribution in [3.8, 4) is 10.6 Å². The van der Waals surface area contributed by atoms with Gasteiger partial charge in [0.25, 0.3) is 0 Å². The molecule has 140 valence electrons. The van der Waals surface area contributed by atoms with E-state index in [4.69, 9.17) is 17.2 Å². The fourth-order valence-electron chi connectivity index (χ4n) is 3.09. The Morgan fingerprint density at radius 1 is 0.857 bits per heavy atom. The van der Waals surface area contributed by atoms with E-state index >= 15 is 0 Å². The highest BCUT2D eigenvalue weighted by molar-refractivity contribution is 7.80. The molecule has 0 aliphatic carbocycles. The van der Waals surface area contributed by atoms with Crippen molar-refractivity contribution >= 4 is 50.3 Å². The number of hydrogen-bond donors (Lipinski definition) is 2. The molecule has 4 rings (SSSR count). The van der Waals surface area contributed by atoms with Crippen LogP contribution in [0.15, 0.2) is 60.7 Å². The van der Waals surface area contributed by atoms with Crippen molar-refractivity contribution in [1.82, 2.24) is 4.98 Å². The molecule has 0 bridgehead atoms. The lowest BCUT2D eigenvalue weighted by Crippen LogP contribution is -2.19. The van der Waals surface area contributed by atoms with E-state index in [1.165, 1.54) is 21.4 Å². The minimum atomic E-state index is 0.579. The molecule has 3 nitrogen and oxygen atoms in total. The zero-order valence-electron chi connectivity index (χ0n) is 16.0. The summed E-state index contributed by atoms with van der Waals surface area (Å²) in [5.41, 5.74) is 7.79. The van der Waals surface area contributed by atoms with Gasteiger partial charge in [-0.1, -0.05) is 23.8 Å². The zero-order valence-corrected chi connectivity index (χ0v) is 17.7. The Hall–Kier alpha value is -2.76. The molecule has 0 aliphatic heterocycles. The van der Waals surface area contributed by atoms with Gasteiger partial charge >= 0.3 is 0 Å². The molecule has 0 fully saturated rings. The van der Waals surface area contributed by atoms with Crippen LogP contribution >= 0.6 is 23.6 Å². The lowest BCUT2D eigenvalue weighted by Gasteiger charge is -2.13. The van der Waals surface area contributed by atoms with E-state index < -0.39 is 0 Å². The second kappa shape index (κ2) is 7.70. The molecule has 0 spiro atoms. The van der Waals surface area contributed by atoms with Crippen molar-refractivity contribution in [1.29, 1.82) is 0 Å². The molecule has 0 unspecified atom stereocenters. The molecule has 0 saturated heterocycles. The highest BCUT2D eigenvalue weighted by atomic mass is 32.1. The Kier molecular flexibility index (Phi) is 5.11. The zero-order chi connectivity index (χ0) is 19.7. The number of aromatic nitrogens is 1. The summed E-state index contributed by atoms with van der Waals surface area (Å²) < 4.78 is 1.22. The van der Waals surface area contributed by atoms with Crippen molar-refractivity contribution in [2.75, 3.05) is 10.6 Å². The standard InChI is InChI=1S/C23H21N3S2/c1-14-4-10-19(16(3)12-14)26-23(27)24-18-8-6-17(7-9-18)22-25-20-11-5-15(2)13-21(20)28-22/h4-13H,1-3H3,(H2,24,26,27). The number of hydrogen-bond acceptors (Lipinski definition) is 3. The first kappa shape index (κ1) is 18.6. The van der Waals surface area contributed by atoms with Crippen LogP contribution in [-0.4, -0.2) is 10.1 Å². The number of rotatable bonds is 3. The van der Waals surface area contributed by atoms with Crippen LogP contribution in [0, 0.1) is 20.8 Å². The largest absolute Gasteiger partial charge is 0.332 e. The first-order chi connectivity index (χ1) is 13.5. The Balaban J connectivity index is 1.47. The molecule has 0 atom stereocenters. The average Bonchev–Trinajstić information content (AvgIpc) is 3.08. The van der Waals surface area contributed by atoms with Crippen LogP contribution in [0.25, 0.3) is 20.8 Å². The number of anilines is 2. The summed E-state index contributed by atoms with van der Waals surface area (Å²) in [4.78, 5) is 4.75. The molecule has 28 heavy (non-hydrogen) atoms. The maximum Gasteiger partial charge on any atom is 0.175 e. The minimum Gasteiger partial charge on any atom is -0.332 e. The van der Waals surface area contributed by atoms with Crippen LogP contribution in [0.3, 0.4) is 0 Å². The maximum atomic E-state index is 5.46. The predicted octanol–water partition coefficient (Wildman–Crippen LogP) is 6.70. The van der Waals surface area contributed by atoms with Crippen LogP contribution < -0.4 is 10.6 Å². The predicted molar refractivity (Wildman–Crippen MR) is 126 cm³/mol. The summed E-state index contributed by atoms with van der Waals surface area (Å²) >= 11 is 7.18. The van der Waals surface area contributed by atoms with Crippen molar-refractivity contribution in [3.05, 3.63) is 77.4 Å². The fraction of sp³-hybridized carbons (Fsp3) is 0.130. The Morgan fingerprint density at radius 3 is 2.32 bits per heavy atom. The topological polar surface area (TPSA) is 37.0 Å². The summed E-state index contributed by atoms with van der Waals surface area (Å²) in [5.74, 6) is 0. The first-order valence-electron chi connectivity index (χ1n) is 9.11. The monoisotopic (exact) mass is 403 g/mol. The van der Waals surface area contributed by atoms with Crippen molar-refractivity contribution in [2.45, 2.75) is 20.8 Å². The highest BCUT2D eigenvalue weighted by Crippen LogP contribution is 2.31. The van der Waals surface area contributed by atoms with Crippen LogP contribution in [0.4, 0.5) is 11.4 Å². The van der Waals surface area contributed by atoms with Gasteiger partial charge in [-0.2, -0.15) is 0 Å². The highest BCUT2D eigenvalue weighted by Gasteiger charge is 2.07. The molecule has 4 aromatic rings. The smallest absolute Gasteiger partial charge is 0.175 e. The van der Waals surface area contributed by atoms with Gasteiger partial charge in [0, 0.05) is 16.9 Å². The summed E-state index contributed by atoms with van der Waals surface area (Å²) in [7, 11) is 0. The van der Waals surface area contributed by atoms with Gasteiger partial charge in [-0.3, -0.25) is 0 Å². The Bertz CT molecular complexity index is 1160. The summed E-state index contributed by atoms with van der Waals surface area (Å²) in [6.07, 6.45) is 0. The van der Waals surface area contributed by atoms with Gasteiger partial charge in [0.2, 0.25) is 0 Å². The Morgan fingerprint density at radius 2 is 1.57 bits per heavy atom. The third-order valence-corrected chi connectivity index (χ3v) is 5.84. The van der Waals surface area contributed by atoms with Crippen molar-refractivity contribution in [2.24, 2.45) is 0 Å². The summed E-state index contributed by atoms with van der Waals surface area (Å²) in [6, 6.07) is 20.8. The number of thiazole rings is 1. The van der Waals surface area contributed by atoms with Crippen LogP contribution in [-0.2, 0) is 0 Å². The van der Waals surface area contributed by atoms with Crippen molar-refractivity contribution in [3.63, 3.8) is 0 Å². The lowest BCUT2D eigenvalue weighted by molar-refractivity contribution is 1.38. The third-order valence-electron chi connectivity index (χ3n) is 4.56. The van der Waals surface area contributed by atoms with E-state index in [-0.39, 0.29) is 0 Å². The van der Waals surface area contributed by atoms with Crippen molar-refractivity contribution < 1.29 is 0 Å². The Labute approximate surface area is 174 Å². The molecular formula is C23H21N3S2. The van der Waals surface area contributed by atoms with Gasteiger partial charge < -0.3 is 10.6 Å². The van der Waals surface area contributed by atoms with E-state index in [9.17, 15) is 0 Å². The van der Waals surface area contributed by atoms with Gasteiger partial charge in [0.1, 0.15) is 5.01 Å². The number of thiocarbonyl (C=S) groups is 1. The number of nitrogens with zero attached hydrogens (tertiary/aromatic N) is 1. The maximum absolute atomic E-state index is 5.46. The molecule has 0 amide bonds. The third kappa shape index (κ3) is 4.06. The minimum absolute atomic E-state index is 0.579. The van der Waals surface area contributed by atoms with Crippen LogP contribution in [0.5, 0.6) is 0 Å². The van der Waals surface area contributed by atoms with Gasteiger partial charge in [0.05, 0.1) is 10.2 Å². The normalized spacial score (nSPS) is 10.8. The van der Waals surface area contributed by atoms with E-state index in [1.54, 1.807) is 11.3 Å². The SMILES string of the molecule is Cc1ccc(NC(=S)Nc2ccc(-c3nc4ccc(C)cc4s3)cc2)c(C)c1. The van der Waals surface area contributed by atoms with Gasteiger partial charge in [-0.15, -0.1) is 11.3 Å². The molecule has 1 heterocycles. The second-order valence-corrected chi connectivity index (χ2v) is 8.40. The van der Waals surface area contributed by atoms with Gasteiger partial charge in [-0.25, -0.2) is 4.98 Å². The average molecular weight is 404 g/mol. The molecule has 0 saturated carbocycles. The molecule has 1 aromatic heterocycles. The summed E-state index contributed by atoms with van der Waals surface area (Å²) in [6.45, 7) is 6.27.